The van der Waals surface area contributed by atoms with Gasteiger partial charge in [0.05, 0.1) is 12.7 Å². The van der Waals surface area contributed by atoms with Crippen molar-refractivity contribution in [3.8, 4) is 0 Å². The molecule has 1 N–H and O–H groups in total. The first kappa shape index (κ1) is 16.4. The van der Waals surface area contributed by atoms with Crippen LogP contribution in [0.5, 0.6) is 0 Å². The van der Waals surface area contributed by atoms with Gasteiger partial charge in [0, 0.05) is 50.4 Å². The molecule has 7 heteroatoms. The summed E-state index contributed by atoms with van der Waals surface area (Å²) in [4.78, 5) is 20.7. The maximum Gasteiger partial charge on any atom is 0.317 e. The van der Waals surface area contributed by atoms with Crippen molar-refractivity contribution in [2.45, 2.75) is 19.6 Å². The van der Waals surface area contributed by atoms with E-state index in [0.29, 0.717) is 6.54 Å². The SMILES string of the molecule is C[C@H]1CN(c2ccc(CNC(=O)N3CCSCC3)cn2)CCO1. The van der Waals surface area contributed by atoms with E-state index in [1.54, 1.807) is 0 Å². The Kier molecular flexibility index (Phi) is 5.61. The van der Waals surface area contributed by atoms with Crippen molar-refractivity contribution in [1.82, 2.24) is 15.2 Å². The number of hydrogen-bond acceptors (Lipinski definition) is 5. The van der Waals surface area contributed by atoms with Crippen LogP contribution in [-0.4, -0.2) is 66.3 Å². The molecule has 0 radical (unpaired) electrons. The van der Waals surface area contributed by atoms with Gasteiger partial charge in [0.15, 0.2) is 0 Å². The van der Waals surface area contributed by atoms with Crippen LogP contribution in [0.1, 0.15) is 12.5 Å². The fraction of sp³-hybridized carbons (Fsp3) is 0.625. The Hall–Kier alpha value is -1.47. The molecule has 1 atom stereocenters. The number of pyridine rings is 1. The quantitative estimate of drug-likeness (QED) is 0.908. The lowest BCUT2D eigenvalue weighted by molar-refractivity contribution is 0.0529. The molecule has 0 saturated carbocycles. The maximum absolute atomic E-state index is 12.1. The summed E-state index contributed by atoms with van der Waals surface area (Å²) in [6, 6.07) is 4.09. The minimum atomic E-state index is 0.0244. The maximum atomic E-state index is 12.1. The van der Waals surface area contributed by atoms with Crippen molar-refractivity contribution < 1.29 is 9.53 Å². The van der Waals surface area contributed by atoms with Crippen LogP contribution < -0.4 is 10.2 Å². The molecule has 0 aromatic carbocycles. The molecule has 6 nitrogen and oxygen atoms in total. The molecule has 2 amide bonds. The molecule has 3 rings (SSSR count). The Bertz CT molecular complexity index is 519. The summed E-state index contributed by atoms with van der Waals surface area (Å²) in [6.07, 6.45) is 2.09. The lowest BCUT2D eigenvalue weighted by Crippen LogP contribution is -2.44. The molecule has 3 heterocycles. The molecule has 2 aliphatic heterocycles. The van der Waals surface area contributed by atoms with E-state index in [1.165, 1.54) is 0 Å². The van der Waals surface area contributed by atoms with Crippen molar-refractivity contribution in [2.75, 3.05) is 49.2 Å². The summed E-state index contributed by atoms with van der Waals surface area (Å²) in [6.45, 7) is 6.77. The Balaban J connectivity index is 1.50. The number of carbonyl (C=O) groups is 1. The predicted molar refractivity (Wildman–Crippen MR) is 93.0 cm³/mol. The number of hydrogen-bond donors (Lipinski definition) is 1. The van der Waals surface area contributed by atoms with Gasteiger partial charge < -0.3 is 19.9 Å². The van der Waals surface area contributed by atoms with E-state index in [2.05, 4.69) is 22.1 Å². The Morgan fingerprint density at radius 3 is 2.91 bits per heavy atom. The highest BCUT2D eigenvalue weighted by Gasteiger charge is 2.18. The molecule has 1 aromatic rings. The Morgan fingerprint density at radius 2 is 2.22 bits per heavy atom. The van der Waals surface area contributed by atoms with Crippen LogP contribution in [0, 0.1) is 0 Å². The smallest absolute Gasteiger partial charge is 0.317 e. The first-order valence-electron chi connectivity index (χ1n) is 8.14. The van der Waals surface area contributed by atoms with Crippen LogP contribution >= 0.6 is 11.8 Å². The van der Waals surface area contributed by atoms with Crippen molar-refractivity contribution in [3.05, 3.63) is 23.9 Å². The van der Waals surface area contributed by atoms with Crippen LogP contribution in [0.25, 0.3) is 0 Å². The first-order valence-corrected chi connectivity index (χ1v) is 9.30. The number of thioether (sulfide) groups is 1. The fourth-order valence-electron chi connectivity index (χ4n) is 2.79. The van der Waals surface area contributed by atoms with Gasteiger partial charge in [0.25, 0.3) is 0 Å². The monoisotopic (exact) mass is 336 g/mol. The number of anilines is 1. The van der Waals surface area contributed by atoms with Gasteiger partial charge in [-0.1, -0.05) is 6.07 Å². The number of aromatic nitrogens is 1. The Labute approximate surface area is 141 Å². The summed E-state index contributed by atoms with van der Waals surface area (Å²) < 4.78 is 5.55. The molecule has 0 unspecified atom stereocenters. The topological polar surface area (TPSA) is 57.7 Å². The average molecular weight is 336 g/mol. The van der Waals surface area contributed by atoms with Gasteiger partial charge >= 0.3 is 6.03 Å². The van der Waals surface area contributed by atoms with Crippen molar-refractivity contribution in [1.29, 1.82) is 0 Å². The lowest BCUT2D eigenvalue weighted by Gasteiger charge is -2.32. The zero-order chi connectivity index (χ0) is 16.1. The number of morpholine rings is 1. The van der Waals surface area contributed by atoms with Crippen LogP contribution in [0.15, 0.2) is 18.3 Å². The number of ether oxygens (including phenoxy) is 1. The van der Waals surface area contributed by atoms with Crippen LogP contribution in [-0.2, 0) is 11.3 Å². The summed E-state index contributed by atoms with van der Waals surface area (Å²) in [5, 5.41) is 2.98. The normalized spacial score (nSPS) is 22.0. The molecular formula is C16H24N4O2S. The third kappa shape index (κ3) is 4.51. The molecule has 2 aliphatic rings. The third-order valence-electron chi connectivity index (χ3n) is 4.12. The molecule has 0 aliphatic carbocycles. The second-order valence-electron chi connectivity index (χ2n) is 5.91. The Morgan fingerprint density at radius 1 is 1.39 bits per heavy atom. The number of carbonyl (C=O) groups excluding carboxylic acids is 1. The number of nitrogens with one attached hydrogen (secondary N) is 1. The highest BCUT2D eigenvalue weighted by atomic mass is 32.2. The second-order valence-corrected chi connectivity index (χ2v) is 7.13. The van der Waals surface area contributed by atoms with Gasteiger partial charge in [-0.05, 0) is 18.6 Å². The van der Waals surface area contributed by atoms with Gasteiger partial charge in [0.1, 0.15) is 5.82 Å². The minimum absolute atomic E-state index is 0.0244. The third-order valence-corrected chi connectivity index (χ3v) is 5.06. The summed E-state index contributed by atoms with van der Waals surface area (Å²) in [7, 11) is 0. The van der Waals surface area contributed by atoms with E-state index in [9.17, 15) is 4.79 Å². The minimum Gasteiger partial charge on any atom is -0.375 e. The van der Waals surface area contributed by atoms with E-state index in [4.69, 9.17) is 4.74 Å². The van der Waals surface area contributed by atoms with Gasteiger partial charge in [-0.25, -0.2) is 9.78 Å². The molecule has 126 valence electrons. The second kappa shape index (κ2) is 7.88. The molecule has 0 bridgehead atoms. The van der Waals surface area contributed by atoms with Crippen LogP contribution in [0.3, 0.4) is 0 Å². The summed E-state index contributed by atoms with van der Waals surface area (Å²) in [5.74, 6) is 3.03. The summed E-state index contributed by atoms with van der Waals surface area (Å²) >= 11 is 1.90. The lowest BCUT2D eigenvalue weighted by atomic mass is 10.2. The van der Waals surface area contributed by atoms with Gasteiger partial charge in [0.2, 0.25) is 0 Å². The fourth-order valence-corrected chi connectivity index (χ4v) is 3.69. The van der Waals surface area contributed by atoms with Crippen molar-refractivity contribution in [3.63, 3.8) is 0 Å². The summed E-state index contributed by atoms with van der Waals surface area (Å²) in [5.41, 5.74) is 1.02. The molecule has 2 fully saturated rings. The molecular weight excluding hydrogens is 312 g/mol. The number of urea groups is 1. The van der Waals surface area contributed by atoms with Gasteiger partial charge in [-0.15, -0.1) is 0 Å². The van der Waals surface area contributed by atoms with E-state index in [-0.39, 0.29) is 12.1 Å². The van der Waals surface area contributed by atoms with E-state index < -0.39 is 0 Å². The van der Waals surface area contributed by atoms with Crippen LogP contribution in [0.2, 0.25) is 0 Å². The zero-order valence-electron chi connectivity index (χ0n) is 13.5. The average Bonchev–Trinajstić information content (AvgIpc) is 2.61. The predicted octanol–water partition coefficient (Wildman–Crippen LogP) is 1.57. The highest BCUT2D eigenvalue weighted by Crippen LogP contribution is 2.15. The molecule has 0 spiro atoms. The molecule has 23 heavy (non-hydrogen) atoms. The highest BCUT2D eigenvalue weighted by molar-refractivity contribution is 7.99. The van der Waals surface area contributed by atoms with E-state index in [1.807, 2.05) is 35.0 Å². The van der Waals surface area contributed by atoms with E-state index >= 15 is 0 Å². The zero-order valence-corrected chi connectivity index (χ0v) is 14.3. The van der Waals surface area contributed by atoms with Gasteiger partial charge in [-0.3, -0.25) is 0 Å². The van der Waals surface area contributed by atoms with Crippen molar-refractivity contribution >= 4 is 23.6 Å². The number of rotatable bonds is 3. The largest absolute Gasteiger partial charge is 0.375 e. The standard InChI is InChI=1S/C16H24N4O2S/c1-13-12-20(4-7-22-13)15-3-2-14(10-17-15)11-18-16(21)19-5-8-23-9-6-19/h2-3,10,13H,4-9,11-12H2,1H3,(H,18,21)/t13-/m0/s1. The van der Waals surface area contributed by atoms with E-state index in [0.717, 1.165) is 55.7 Å². The van der Waals surface area contributed by atoms with Crippen molar-refractivity contribution in [2.24, 2.45) is 0 Å². The number of amides is 2. The van der Waals surface area contributed by atoms with Gasteiger partial charge in [-0.2, -0.15) is 11.8 Å². The molecule has 2 saturated heterocycles. The molecule has 1 aromatic heterocycles. The van der Waals surface area contributed by atoms with Crippen LogP contribution in [0.4, 0.5) is 10.6 Å². The number of nitrogens with zero attached hydrogens (tertiary/aromatic N) is 3. The first-order chi connectivity index (χ1) is 11.2.